The average molecular weight is 277 g/mol. The van der Waals surface area contributed by atoms with Gasteiger partial charge in [-0.05, 0) is 23.8 Å². The second kappa shape index (κ2) is 6.14. The van der Waals surface area contributed by atoms with E-state index in [4.69, 9.17) is 5.11 Å². The topological polar surface area (TPSA) is 49.3 Å². The fourth-order valence-corrected chi connectivity index (χ4v) is 1.72. The van der Waals surface area contributed by atoms with Crippen LogP contribution in [0.4, 0.5) is 8.78 Å². The zero-order chi connectivity index (χ0) is 14.5. The van der Waals surface area contributed by atoms with Gasteiger partial charge in [-0.15, -0.1) is 0 Å². The Labute approximate surface area is 114 Å². The summed E-state index contributed by atoms with van der Waals surface area (Å²) in [6, 6.07) is 9.46. The maximum atomic E-state index is 13.4. The van der Waals surface area contributed by atoms with Crippen LogP contribution in [0.15, 0.2) is 42.5 Å². The third-order valence-electron chi connectivity index (χ3n) is 2.79. The van der Waals surface area contributed by atoms with E-state index < -0.39 is 11.6 Å². The Morgan fingerprint density at radius 2 is 1.80 bits per heavy atom. The monoisotopic (exact) mass is 277 g/mol. The van der Waals surface area contributed by atoms with Crippen molar-refractivity contribution in [2.24, 2.45) is 0 Å². The summed E-state index contributed by atoms with van der Waals surface area (Å²) in [7, 11) is 0. The molecule has 0 aliphatic heterocycles. The molecule has 0 aromatic heterocycles. The summed E-state index contributed by atoms with van der Waals surface area (Å²) in [5.74, 6) is -1.49. The summed E-state index contributed by atoms with van der Waals surface area (Å²) in [6.45, 7) is 0.00301. The van der Waals surface area contributed by atoms with Crippen molar-refractivity contribution in [1.29, 1.82) is 0 Å². The summed E-state index contributed by atoms with van der Waals surface area (Å²) in [6.07, 6.45) is 0.128. The van der Waals surface area contributed by atoms with Crippen LogP contribution in [0.2, 0.25) is 0 Å². The van der Waals surface area contributed by atoms with Gasteiger partial charge in [0.05, 0.1) is 6.42 Å². The molecule has 0 bridgehead atoms. The van der Waals surface area contributed by atoms with Crippen molar-refractivity contribution in [3.05, 3.63) is 65.2 Å². The molecular formula is C15H13F2NO2. The number of hydrogen-bond acceptors (Lipinski definition) is 2. The summed E-state index contributed by atoms with van der Waals surface area (Å²) in [4.78, 5) is 11.7. The van der Waals surface area contributed by atoms with Gasteiger partial charge in [0, 0.05) is 18.2 Å². The molecule has 2 aromatic carbocycles. The van der Waals surface area contributed by atoms with Crippen LogP contribution in [0.1, 0.15) is 11.1 Å². The van der Waals surface area contributed by atoms with Gasteiger partial charge in [0.2, 0.25) is 5.91 Å². The number of amides is 1. The second-order valence-corrected chi connectivity index (χ2v) is 4.36. The third kappa shape index (κ3) is 3.78. The lowest BCUT2D eigenvalue weighted by Crippen LogP contribution is -2.25. The highest BCUT2D eigenvalue weighted by Crippen LogP contribution is 2.11. The van der Waals surface area contributed by atoms with Crippen molar-refractivity contribution in [2.45, 2.75) is 13.0 Å². The minimum Gasteiger partial charge on any atom is -0.508 e. The lowest BCUT2D eigenvalue weighted by molar-refractivity contribution is -0.120. The smallest absolute Gasteiger partial charge is 0.224 e. The fourth-order valence-electron chi connectivity index (χ4n) is 1.72. The van der Waals surface area contributed by atoms with Crippen molar-refractivity contribution >= 4 is 5.91 Å². The van der Waals surface area contributed by atoms with Gasteiger partial charge in [0.25, 0.3) is 0 Å². The Morgan fingerprint density at radius 3 is 2.45 bits per heavy atom. The van der Waals surface area contributed by atoms with E-state index in [1.165, 1.54) is 18.2 Å². The van der Waals surface area contributed by atoms with E-state index in [0.717, 1.165) is 17.7 Å². The molecule has 0 heterocycles. The van der Waals surface area contributed by atoms with E-state index >= 15 is 0 Å². The number of carbonyl (C=O) groups is 1. The number of phenols is 1. The normalized spacial score (nSPS) is 10.3. The predicted octanol–water partition coefficient (Wildman–Crippen LogP) is 2.53. The maximum Gasteiger partial charge on any atom is 0.224 e. The van der Waals surface area contributed by atoms with Gasteiger partial charge < -0.3 is 10.4 Å². The molecule has 20 heavy (non-hydrogen) atoms. The molecule has 0 fully saturated rings. The molecule has 2 N–H and O–H groups in total. The number of aromatic hydroxyl groups is 1. The minimum absolute atomic E-state index is 0.00301. The van der Waals surface area contributed by atoms with E-state index in [0.29, 0.717) is 0 Å². The number of hydrogen-bond donors (Lipinski definition) is 2. The Balaban J connectivity index is 1.90. The standard InChI is InChI=1S/C15H13F2NO2/c16-12-4-3-11(14(17)8-12)9-18-15(20)7-10-1-5-13(19)6-2-10/h1-6,8,19H,7,9H2,(H,18,20). The predicted molar refractivity (Wildman–Crippen MR) is 70.0 cm³/mol. The molecule has 1 amide bonds. The Kier molecular flexibility index (Phi) is 4.30. The van der Waals surface area contributed by atoms with Crippen LogP contribution < -0.4 is 5.32 Å². The summed E-state index contributed by atoms with van der Waals surface area (Å²) >= 11 is 0. The van der Waals surface area contributed by atoms with Gasteiger partial charge in [-0.2, -0.15) is 0 Å². The van der Waals surface area contributed by atoms with Crippen molar-refractivity contribution in [3.63, 3.8) is 0 Å². The average Bonchev–Trinajstić information content (AvgIpc) is 2.40. The molecule has 2 rings (SSSR count). The molecular weight excluding hydrogens is 264 g/mol. The molecule has 0 saturated heterocycles. The lowest BCUT2D eigenvalue weighted by atomic mass is 10.1. The number of rotatable bonds is 4. The molecule has 2 aromatic rings. The number of benzene rings is 2. The molecule has 5 heteroatoms. The van der Waals surface area contributed by atoms with Crippen molar-refractivity contribution in [3.8, 4) is 5.75 Å². The van der Waals surface area contributed by atoms with Crippen LogP contribution in [0.5, 0.6) is 5.75 Å². The quantitative estimate of drug-likeness (QED) is 0.902. The van der Waals surface area contributed by atoms with Crippen LogP contribution in [0.3, 0.4) is 0 Å². The van der Waals surface area contributed by atoms with Gasteiger partial charge >= 0.3 is 0 Å². The molecule has 0 aliphatic carbocycles. The maximum absolute atomic E-state index is 13.4. The molecule has 0 unspecified atom stereocenters. The highest BCUT2D eigenvalue weighted by atomic mass is 19.1. The molecule has 0 radical (unpaired) electrons. The second-order valence-electron chi connectivity index (χ2n) is 4.36. The zero-order valence-electron chi connectivity index (χ0n) is 10.6. The van der Waals surface area contributed by atoms with E-state index in [9.17, 15) is 13.6 Å². The van der Waals surface area contributed by atoms with E-state index in [1.807, 2.05) is 0 Å². The SMILES string of the molecule is O=C(Cc1ccc(O)cc1)NCc1ccc(F)cc1F. The number of carbonyl (C=O) groups excluding carboxylic acids is 1. The van der Waals surface area contributed by atoms with Crippen LogP contribution >= 0.6 is 0 Å². The molecule has 3 nitrogen and oxygen atoms in total. The molecule has 0 atom stereocenters. The van der Waals surface area contributed by atoms with Crippen molar-refractivity contribution in [2.75, 3.05) is 0 Å². The first kappa shape index (κ1) is 14.0. The van der Waals surface area contributed by atoms with Gasteiger partial charge in [0.15, 0.2) is 0 Å². The minimum atomic E-state index is -0.685. The number of nitrogens with one attached hydrogen (secondary N) is 1. The molecule has 0 saturated carbocycles. The fraction of sp³-hybridized carbons (Fsp3) is 0.133. The summed E-state index contributed by atoms with van der Waals surface area (Å²) in [5, 5.41) is 11.7. The van der Waals surface area contributed by atoms with Crippen molar-refractivity contribution in [1.82, 2.24) is 5.32 Å². The van der Waals surface area contributed by atoms with Crippen LogP contribution in [-0.2, 0) is 17.8 Å². The lowest BCUT2D eigenvalue weighted by Gasteiger charge is -2.06. The summed E-state index contributed by atoms with van der Waals surface area (Å²) in [5.41, 5.74) is 0.963. The van der Waals surface area contributed by atoms with Gasteiger partial charge in [0.1, 0.15) is 17.4 Å². The number of halogens is 2. The van der Waals surface area contributed by atoms with E-state index in [2.05, 4.69) is 5.32 Å². The Morgan fingerprint density at radius 1 is 1.10 bits per heavy atom. The Hall–Kier alpha value is -2.43. The van der Waals surface area contributed by atoms with Gasteiger partial charge in [-0.3, -0.25) is 4.79 Å². The van der Waals surface area contributed by atoms with Crippen LogP contribution in [-0.4, -0.2) is 11.0 Å². The summed E-state index contributed by atoms with van der Waals surface area (Å²) < 4.78 is 26.1. The Bertz CT molecular complexity index is 612. The molecule has 0 aliphatic rings. The highest BCUT2D eigenvalue weighted by molar-refractivity contribution is 5.78. The first-order chi connectivity index (χ1) is 9.54. The largest absolute Gasteiger partial charge is 0.508 e. The zero-order valence-corrected chi connectivity index (χ0v) is 10.6. The third-order valence-corrected chi connectivity index (χ3v) is 2.79. The van der Waals surface area contributed by atoms with Crippen LogP contribution in [0, 0.1) is 11.6 Å². The van der Waals surface area contributed by atoms with Gasteiger partial charge in [-0.25, -0.2) is 8.78 Å². The van der Waals surface area contributed by atoms with Gasteiger partial charge in [-0.1, -0.05) is 18.2 Å². The van der Waals surface area contributed by atoms with E-state index in [1.54, 1.807) is 12.1 Å². The van der Waals surface area contributed by atoms with E-state index in [-0.39, 0.29) is 30.2 Å². The van der Waals surface area contributed by atoms with Crippen molar-refractivity contribution < 1.29 is 18.7 Å². The van der Waals surface area contributed by atoms with Crippen LogP contribution in [0.25, 0.3) is 0 Å². The first-order valence-electron chi connectivity index (χ1n) is 6.03. The molecule has 0 spiro atoms. The number of phenolic OH excluding ortho intramolecular Hbond substituents is 1. The molecule has 104 valence electrons. The first-order valence-corrected chi connectivity index (χ1v) is 6.03. The highest BCUT2D eigenvalue weighted by Gasteiger charge is 2.07.